The number of aliphatic carboxylic acids is 1. The van der Waals surface area contributed by atoms with Gasteiger partial charge in [-0.2, -0.15) is 0 Å². The summed E-state index contributed by atoms with van der Waals surface area (Å²) in [5, 5.41) is 18.6. The standard InChI is InChI=1S/C26H40N4O4S/c1-5-6-7-8-10-18-12-13-26(15-18,23(33)34)29-22(32)19-11-9-14-30(19)21(31)16-27-24-28-20(17-35-24)25(2,3)4/h10,17,19H,5-9,11-16H2,1-4H3,(H,27,28)(H,29,32)(H,33,34)/b18-10-/t19-,26+/m0/s1. The quantitative estimate of drug-likeness (QED) is 0.320. The number of allylic oxidation sites excluding steroid dienone is 1. The Labute approximate surface area is 212 Å². The highest BCUT2D eigenvalue weighted by molar-refractivity contribution is 7.13. The maximum absolute atomic E-state index is 13.2. The number of unbranched alkanes of at least 4 members (excludes halogenated alkanes) is 3. The first kappa shape index (κ1) is 27.2. The Morgan fingerprint density at radius 1 is 1.31 bits per heavy atom. The van der Waals surface area contributed by atoms with Gasteiger partial charge in [0.15, 0.2) is 5.13 Å². The molecule has 2 heterocycles. The van der Waals surface area contributed by atoms with Crippen molar-refractivity contribution in [1.29, 1.82) is 0 Å². The fraction of sp³-hybridized carbons (Fsp3) is 0.692. The second kappa shape index (κ2) is 11.5. The van der Waals surface area contributed by atoms with Gasteiger partial charge in [-0.15, -0.1) is 11.3 Å². The smallest absolute Gasteiger partial charge is 0.329 e. The van der Waals surface area contributed by atoms with Crippen molar-refractivity contribution in [2.75, 3.05) is 18.4 Å². The van der Waals surface area contributed by atoms with Crippen molar-refractivity contribution in [3.8, 4) is 0 Å². The molecule has 0 aromatic carbocycles. The minimum absolute atomic E-state index is 0.0512. The molecule has 3 N–H and O–H groups in total. The van der Waals surface area contributed by atoms with Crippen LogP contribution in [0.3, 0.4) is 0 Å². The third kappa shape index (κ3) is 6.84. The molecule has 1 saturated carbocycles. The largest absolute Gasteiger partial charge is 0.479 e. The first-order chi connectivity index (χ1) is 16.6. The van der Waals surface area contributed by atoms with Crippen LogP contribution in [0.25, 0.3) is 0 Å². The van der Waals surface area contributed by atoms with Crippen LogP contribution in [0.5, 0.6) is 0 Å². The normalized spacial score (nSPS) is 23.6. The summed E-state index contributed by atoms with van der Waals surface area (Å²) in [6.45, 7) is 8.96. The summed E-state index contributed by atoms with van der Waals surface area (Å²) in [5.74, 6) is -1.55. The predicted molar refractivity (Wildman–Crippen MR) is 139 cm³/mol. The van der Waals surface area contributed by atoms with Gasteiger partial charge in [-0.1, -0.05) is 52.2 Å². The van der Waals surface area contributed by atoms with Crippen LogP contribution in [0.4, 0.5) is 5.13 Å². The number of nitrogens with one attached hydrogen (secondary N) is 2. The first-order valence-corrected chi connectivity index (χ1v) is 13.7. The summed E-state index contributed by atoms with van der Waals surface area (Å²) in [6, 6.07) is -0.639. The maximum Gasteiger partial charge on any atom is 0.329 e. The van der Waals surface area contributed by atoms with E-state index in [4.69, 9.17) is 0 Å². The number of hydrogen-bond donors (Lipinski definition) is 3. The topological polar surface area (TPSA) is 112 Å². The van der Waals surface area contributed by atoms with Crippen molar-refractivity contribution in [3.63, 3.8) is 0 Å². The van der Waals surface area contributed by atoms with Gasteiger partial charge in [0.05, 0.1) is 12.2 Å². The number of carbonyl (C=O) groups excluding carboxylic acids is 2. The van der Waals surface area contributed by atoms with Gasteiger partial charge >= 0.3 is 5.97 Å². The summed E-state index contributed by atoms with van der Waals surface area (Å²) in [6.07, 6.45) is 9.15. The molecule has 194 valence electrons. The van der Waals surface area contributed by atoms with Gasteiger partial charge in [0.1, 0.15) is 11.6 Å². The number of anilines is 1. The Hall–Kier alpha value is -2.42. The van der Waals surface area contributed by atoms with Crippen LogP contribution in [-0.2, 0) is 19.8 Å². The zero-order valence-corrected chi connectivity index (χ0v) is 22.3. The van der Waals surface area contributed by atoms with Crippen molar-refractivity contribution in [2.45, 2.75) is 102 Å². The molecule has 1 saturated heterocycles. The molecular formula is C26H40N4O4S. The summed E-state index contributed by atoms with van der Waals surface area (Å²) >= 11 is 1.46. The molecule has 1 aromatic rings. The number of rotatable bonds is 10. The average molecular weight is 505 g/mol. The zero-order valence-electron chi connectivity index (χ0n) is 21.5. The highest BCUT2D eigenvalue weighted by atomic mass is 32.1. The number of nitrogens with zero attached hydrogens (tertiary/aromatic N) is 2. The van der Waals surface area contributed by atoms with Gasteiger partial charge < -0.3 is 20.6 Å². The Kier molecular flexibility index (Phi) is 8.96. The van der Waals surface area contributed by atoms with E-state index in [2.05, 4.69) is 49.4 Å². The third-order valence-corrected chi connectivity index (χ3v) is 7.75. The number of carboxylic acids is 1. The van der Waals surface area contributed by atoms with Gasteiger partial charge in [0.2, 0.25) is 11.8 Å². The lowest BCUT2D eigenvalue weighted by atomic mass is 9.93. The molecule has 8 nitrogen and oxygen atoms in total. The van der Waals surface area contributed by atoms with Gasteiger partial charge in [0.25, 0.3) is 0 Å². The Bertz CT molecular complexity index is 951. The average Bonchev–Trinajstić information content (AvgIpc) is 3.54. The van der Waals surface area contributed by atoms with Crippen molar-refractivity contribution in [1.82, 2.24) is 15.2 Å². The summed E-state index contributed by atoms with van der Waals surface area (Å²) in [7, 11) is 0. The van der Waals surface area contributed by atoms with Crippen LogP contribution in [0.2, 0.25) is 0 Å². The van der Waals surface area contributed by atoms with Crippen LogP contribution in [0.1, 0.15) is 91.2 Å². The monoisotopic (exact) mass is 504 g/mol. The Morgan fingerprint density at radius 2 is 2.09 bits per heavy atom. The molecule has 1 aliphatic carbocycles. The van der Waals surface area contributed by atoms with Crippen LogP contribution < -0.4 is 10.6 Å². The van der Waals surface area contributed by atoms with Crippen LogP contribution in [0, 0.1) is 0 Å². The van der Waals surface area contributed by atoms with Crippen molar-refractivity contribution in [2.24, 2.45) is 0 Å². The minimum atomic E-state index is -1.28. The highest BCUT2D eigenvalue weighted by Crippen LogP contribution is 2.35. The molecule has 2 fully saturated rings. The van der Waals surface area contributed by atoms with Gasteiger partial charge in [-0.3, -0.25) is 9.59 Å². The van der Waals surface area contributed by atoms with Gasteiger partial charge in [0, 0.05) is 23.8 Å². The summed E-state index contributed by atoms with van der Waals surface area (Å²) < 4.78 is 0. The number of thiazole rings is 1. The molecule has 0 radical (unpaired) electrons. The molecule has 0 spiro atoms. The summed E-state index contributed by atoms with van der Waals surface area (Å²) in [5.41, 5.74) is 0.715. The molecule has 35 heavy (non-hydrogen) atoms. The molecule has 3 rings (SSSR count). The van der Waals surface area contributed by atoms with E-state index in [0.29, 0.717) is 37.4 Å². The van der Waals surface area contributed by atoms with Crippen molar-refractivity contribution < 1.29 is 19.5 Å². The molecule has 1 aromatic heterocycles. The van der Waals surface area contributed by atoms with E-state index in [1.165, 1.54) is 11.3 Å². The number of carbonyl (C=O) groups is 3. The lowest BCUT2D eigenvalue weighted by Gasteiger charge is -2.30. The molecule has 9 heteroatoms. The van der Waals surface area contributed by atoms with Gasteiger partial charge in [-0.25, -0.2) is 9.78 Å². The van der Waals surface area contributed by atoms with E-state index in [1.807, 2.05) is 5.38 Å². The maximum atomic E-state index is 13.2. The lowest BCUT2D eigenvalue weighted by Crippen LogP contribution is -2.58. The first-order valence-electron chi connectivity index (χ1n) is 12.8. The lowest BCUT2D eigenvalue weighted by molar-refractivity contribution is -0.148. The van der Waals surface area contributed by atoms with E-state index in [-0.39, 0.29) is 23.8 Å². The second-order valence-electron chi connectivity index (χ2n) is 10.8. The van der Waals surface area contributed by atoms with E-state index in [1.54, 1.807) is 4.90 Å². The molecule has 2 amide bonds. The molecule has 2 atom stereocenters. The van der Waals surface area contributed by atoms with E-state index >= 15 is 0 Å². The van der Waals surface area contributed by atoms with Crippen LogP contribution in [0.15, 0.2) is 17.0 Å². The molecule has 1 aliphatic heterocycles. The van der Waals surface area contributed by atoms with Crippen molar-refractivity contribution >= 4 is 34.3 Å². The SMILES string of the molecule is CCCCC/C=C1/CC[C@](NC(=O)[C@@H]2CCCN2C(=O)CNc2nc(C(C)(C)C)cs2)(C(=O)O)C1. The Morgan fingerprint density at radius 3 is 2.74 bits per heavy atom. The van der Waals surface area contributed by atoms with E-state index in [9.17, 15) is 19.5 Å². The number of amides is 2. The van der Waals surface area contributed by atoms with Crippen molar-refractivity contribution in [3.05, 3.63) is 22.7 Å². The van der Waals surface area contributed by atoms with Crippen LogP contribution in [-0.4, -0.2) is 57.4 Å². The number of hydrogen-bond acceptors (Lipinski definition) is 6. The number of carboxylic acid groups (broad SMARTS) is 1. The fourth-order valence-electron chi connectivity index (χ4n) is 4.76. The number of likely N-dealkylation sites (tertiary alicyclic amines) is 1. The minimum Gasteiger partial charge on any atom is -0.479 e. The van der Waals surface area contributed by atoms with Gasteiger partial charge in [-0.05, 0) is 38.5 Å². The fourth-order valence-corrected chi connectivity index (χ4v) is 5.70. The van der Waals surface area contributed by atoms with E-state index in [0.717, 1.165) is 43.4 Å². The number of aromatic nitrogens is 1. The molecular weight excluding hydrogens is 464 g/mol. The van der Waals surface area contributed by atoms with E-state index < -0.39 is 17.6 Å². The highest BCUT2D eigenvalue weighted by Gasteiger charge is 2.47. The predicted octanol–water partition coefficient (Wildman–Crippen LogP) is 4.47. The zero-order chi connectivity index (χ0) is 25.6. The third-order valence-electron chi connectivity index (χ3n) is 6.95. The molecule has 2 aliphatic rings. The molecule has 0 bridgehead atoms. The summed E-state index contributed by atoms with van der Waals surface area (Å²) in [4.78, 5) is 44.5. The molecule has 0 unspecified atom stereocenters. The van der Waals surface area contributed by atoms with Crippen LogP contribution >= 0.6 is 11.3 Å². The second-order valence-corrected chi connectivity index (χ2v) is 11.7. The Balaban J connectivity index is 1.59.